The molecule has 11 heteroatoms. The molecule has 0 aliphatic heterocycles. The Balaban J connectivity index is 1.53. The maximum atomic E-state index is 13.0. The van der Waals surface area contributed by atoms with Crippen molar-refractivity contribution in [2.45, 2.75) is 58.4 Å². The number of nitrogens with one attached hydrogen (secondary N) is 2. The van der Waals surface area contributed by atoms with Crippen molar-refractivity contribution in [2.75, 3.05) is 19.6 Å². The first-order valence-electron chi connectivity index (χ1n) is 15.3. The summed E-state index contributed by atoms with van der Waals surface area (Å²) in [5.74, 6) is 0. The van der Waals surface area contributed by atoms with Crippen LogP contribution in [0.3, 0.4) is 0 Å². The predicted octanol–water partition coefficient (Wildman–Crippen LogP) is 6.88. The lowest BCUT2D eigenvalue weighted by Crippen LogP contribution is -2.52. The number of allylic oxidation sites excluding steroid dienone is 1. The first-order chi connectivity index (χ1) is 22.3. The minimum Gasteiger partial charge on any atom is -0.444 e. The number of carbonyl (C=O) groups is 2. The number of carbonyl (C=O) groups excluding carboxylic acids is 2. The molecule has 2 heterocycles. The van der Waals surface area contributed by atoms with Gasteiger partial charge in [-0.25, -0.2) is 9.59 Å². The minimum atomic E-state index is -0.481. The summed E-state index contributed by atoms with van der Waals surface area (Å²) in [6, 6.07) is 19.7. The second-order valence-corrected chi connectivity index (χ2v) is 13.9. The van der Waals surface area contributed by atoms with Crippen LogP contribution >= 0.6 is 22.7 Å². The van der Waals surface area contributed by atoms with Crippen molar-refractivity contribution >= 4 is 34.9 Å². The highest BCUT2D eigenvalue weighted by atomic mass is 32.1. The number of hydrogen-bond acceptors (Lipinski definition) is 9. The van der Waals surface area contributed by atoms with Gasteiger partial charge in [-0.15, -0.1) is 29.3 Å². The molecule has 0 aliphatic carbocycles. The van der Waals surface area contributed by atoms with Crippen LogP contribution in [0.1, 0.15) is 41.1 Å². The highest BCUT2D eigenvalue weighted by molar-refractivity contribution is 7.09. The van der Waals surface area contributed by atoms with Crippen molar-refractivity contribution < 1.29 is 19.1 Å². The average Bonchev–Trinajstić information content (AvgIpc) is 3.75. The number of alkyl carbamates (subject to hydrolysis) is 2. The SMILES string of the molecule is C=CCC(C)(C)CN(C[C@H](Cc1ccccc1)NC(=O)OCc1cncs1)C[C@H](Cc1ccccc1)NC(=O)OCc1cncs1. The lowest BCUT2D eigenvalue weighted by atomic mass is 9.88. The van der Waals surface area contributed by atoms with E-state index in [1.165, 1.54) is 22.7 Å². The lowest BCUT2D eigenvalue weighted by Gasteiger charge is -2.36. The van der Waals surface area contributed by atoms with Gasteiger partial charge in [-0.2, -0.15) is 0 Å². The Morgan fingerprint density at radius 3 is 1.67 bits per heavy atom. The summed E-state index contributed by atoms with van der Waals surface area (Å²) in [7, 11) is 0. The molecule has 4 aromatic rings. The summed E-state index contributed by atoms with van der Waals surface area (Å²) >= 11 is 2.89. The highest BCUT2D eigenvalue weighted by Crippen LogP contribution is 2.23. The molecule has 9 nitrogen and oxygen atoms in total. The Hall–Kier alpha value is -4.06. The van der Waals surface area contributed by atoms with Crippen LogP contribution in [0.2, 0.25) is 0 Å². The van der Waals surface area contributed by atoms with Crippen LogP contribution in [0, 0.1) is 5.41 Å². The Labute approximate surface area is 279 Å². The number of rotatable bonds is 18. The Morgan fingerprint density at radius 2 is 1.28 bits per heavy atom. The molecule has 2 aromatic heterocycles. The summed E-state index contributed by atoms with van der Waals surface area (Å²) in [4.78, 5) is 38.2. The van der Waals surface area contributed by atoms with Crippen LogP contribution in [0.4, 0.5) is 9.59 Å². The summed E-state index contributed by atoms with van der Waals surface area (Å²) in [6.45, 7) is 10.5. The molecule has 0 bridgehead atoms. The molecule has 4 rings (SSSR count). The quantitative estimate of drug-likeness (QED) is 0.112. The van der Waals surface area contributed by atoms with Gasteiger partial charge in [0, 0.05) is 44.1 Å². The first-order valence-corrected chi connectivity index (χ1v) is 17.1. The summed E-state index contributed by atoms with van der Waals surface area (Å²) in [6.07, 6.45) is 6.41. The molecule has 0 saturated heterocycles. The Kier molecular flexibility index (Phi) is 13.8. The topological polar surface area (TPSA) is 106 Å². The number of ether oxygens (including phenoxy) is 2. The third-order valence-corrected chi connectivity index (χ3v) is 8.76. The largest absolute Gasteiger partial charge is 0.444 e. The molecule has 0 aliphatic rings. The van der Waals surface area contributed by atoms with Gasteiger partial charge in [0.1, 0.15) is 13.2 Å². The van der Waals surface area contributed by atoms with Crippen molar-refractivity contribution in [1.29, 1.82) is 0 Å². The van der Waals surface area contributed by atoms with Gasteiger partial charge in [0.15, 0.2) is 0 Å². The Morgan fingerprint density at radius 1 is 0.826 bits per heavy atom. The van der Waals surface area contributed by atoms with Gasteiger partial charge < -0.3 is 20.1 Å². The minimum absolute atomic E-state index is 0.101. The van der Waals surface area contributed by atoms with E-state index in [1.807, 2.05) is 42.5 Å². The number of nitrogens with zero attached hydrogens (tertiary/aromatic N) is 3. The van der Waals surface area contributed by atoms with Gasteiger partial charge in [0.05, 0.1) is 20.8 Å². The van der Waals surface area contributed by atoms with Crippen molar-refractivity contribution in [3.63, 3.8) is 0 Å². The van der Waals surface area contributed by atoms with Crippen molar-refractivity contribution in [3.05, 3.63) is 118 Å². The van der Waals surface area contributed by atoms with Crippen molar-refractivity contribution in [3.8, 4) is 0 Å². The number of hydrogen-bond donors (Lipinski definition) is 2. The zero-order valence-corrected chi connectivity index (χ0v) is 28.1. The van der Waals surface area contributed by atoms with Gasteiger partial charge in [0.25, 0.3) is 0 Å². The zero-order chi connectivity index (χ0) is 32.6. The van der Waals surface area contributed by atoms with E-state index in [0.29, 0.717) is 32.5 Å². The fraction of sp³-hybridized carbons (Fsp3) is 0.371. The molecule has 0 spiro atoms. The molecule has 244 valence electrons. The van der Waals surface area contributed by atoms with Crippen LogP contribution < -0.4 is 10.6 Å². The standard InChI is InChI=1S/C35H43N5O4S2/c1-4-15-35(2,3)24-40(20-29(16-27-11-7-5-8-12-27)38-33(41)43-22-31-18-36-25-45-31)21-30(17-28-13-9-6-10-14-28)39-34(42)44-23-32-19-37-26-46-32/h4-14,18-19,25-26,29-30H,1,15-17,20-24H2,2-3H3,(H,38,41)(H,39,42)/t29-,30-/m0/s1. The lowest BCUT2D eigenvalue weighted by molar-refractivity contribution is 0.116. The third-order valence-electron chi connectivity index (χ3n) is 7.26. The van der Waals surface area contributed by atoms with Crippen LogP contribution in [0.25, 0.3) is 0 Å². The van der Waals surface area contributed by atoms with Crippen LogP contribution in [-0.4, -0.2) is 58.8 Å². The molecule has 0 radical (unpaired) electrons. The molecule has 2 aromatic carbocycles. The first kappa shape index (κ1) is 34.8. The molecular formula is C35H43N5O4S2. The third kappa shape index (κ3) is 12.7. The van der Waals surface area contributed by atoms with Crippen LogP contribution in [0.15, 0.2) is 96.7 Å². The average molecular weight is 662 g/mol. The molecule has 0 fully saturated rings. The molecule has 0 saturated carbocycles. The maximum absolute atomic E-state index is 13.0. The van der Waals surface area contributed by atoms with E-state index in [1.54, 1.807) is 23.4 Å². The Bertz CT molecular complexity index is 1350. The molecule has 2 amide bonds. The second-order valence-electron chi connectivity index (χ2n) is 12.0. The van der Waals surface area contributed by atoms with E-state index in [9.17, 15) is 9.59 Å². The monoisotopic (exact) mass is 661 g/mol. The van der Waals surface area contributed by atoms with Gasteiger partial charge in [0.2, 0.25) is 0 Å². The molecule has 2 N–H and O–H groups in total. The van der Waals surface area contributed by atoms with Crippen LogP contribution in [-0.2, 0) is 35.5 Å². The predicted molar refractivity (Wildman–Crippen MR) is 184 cm³/mol. The van der Waals surface area contributed by atoms with Crippen molar-refractivity contribution in [1.82, 2.24) is 25.5 Å². The fourth-order valence-electron chi connectivity index (χ4n) is 5.32. The summed E-state index contributed by atoms with van der Waals surface area (Å²) in [5, 5.41) is 6.24. The molecule has 0 unspecified atom stereocenters. The van der Waals surface area contributed by atoms with E-state index in [2.05, 4.69) is 70.2 Å². The second kappa shape index (κ2) is 18.2. The maximum Gasteiger partial charge on any atom is 0.407 e. The van der Waals surface area contributed by atoms with Crippen molar-refractivity contribution in [2.24, 2.45) is 5.41 Å². The van der Waals surface area contributed by atoms with Gasteiger partial charge in [-0.1, -0.05) is 80.6 Å². The number of thiazole rings is 2. The van der Waals surface area contributed by atoms with Crippen LogP contribution in [0.5, 0.6) is 0 Å². The van der Waals surface area contributed by atoms with E-state index in [0.717, 1.165) is 27.3 Å². The zero-order valence-electron chi connectivity index (χ0n) is 26.5. The molecule has 46 heavy (non-hydrogen) atoms. The smallest absolute Gasteiger partial charge is 0.407 e. The number of benzene rings is 2. The van der Waals surface area contributed by atoms with E-state index >= 15 is 0 Å². The molecular weight excluding hydrogens is 619 g/mol. The summed E-state index contributed by atoms with van der Waals surface area (Å²) < 4.78 is 11.1. The normalized spacial score (nSPS) is 12.7. The van der Waals surface area contributed by atoms with E-state index in [-0.39, 0.29) is 30.7 Å². The van der Waals surface area contributed by atoms with Gasteiger partial charge in [-0.05, 0) is 35.8 Å². The van der Waals surface area contributed by atoms with Gasteiger partial charge in [-0.3, -0.25) is 14.9 Å². The highest BCUT2D eigenvalue weighted by Gasteiger charge is 2.27. The number of amides is 2. The summed E-state index contributed by atoms with van der Waals surface area (Å²) in [5.41, 5.74) is 5.53. The van der Waals surface area contributed by atoms with E-state index < -0.39 is 12.2 Å². The fourth-order valence-corrected chi connectivity index (χ4v) is 6.34. The number of aromatic nitrogens is 2. The molecule has 2 atom stereocenters. The van der Waals surface area contributed by atoms with Gasteiger partial charge >= 0.3 is 12.2 Å². The van der Waals surface area contributed by atoms with E-state index in [4.69, 9.17) is 9.47 Å².